The summed E-state index contributed by atoms with van der Waals surface area (Å²) in [6.07, 6.45) is 5.54. The number of benzene rings is 1. The minimum absolute atomic E-state index is 0.00277. The summed E-state index contributed by atoms with van der Waals surface area (Å²) in [5.74, 6) is -0.832. The number of carbonyl (C=O) groups excluding carboxylic acids is 1. The highest BCUT2D eigenvalue weighted by Gasteiger charge is 2.28. The molecule has 1 aliphatic heterocycles. The van der Waals surface area contributed by atoms with E-state index in [9.17, 15) is 14.7 Å². The van der Waals surface area contributed by atoms with Gasteiger partial charge in [0.25, 0.3) is 0 Å². The zero-order chi connectivity index (χ0) is 18.2. The molecule has 0 bridgehead atoms. The number of aromatic carboxylic acids is 1. The molecule has 0 aliphatic carbocycles. The number of aliphatic hydroxyl groups excluding tert-OH is 1. The summed E-state index contributed by atoms with van der Waals surface area (Å²) in [6, 6.07) is 6.72. The summed E-state index contributed by atoms with van der Waals surface area (Å²) in [6.45, 7) is 1.07. The van der Waals surface area contributed by atoms with Crippen molar-refractivity contribution >= 4 is 11.9 Å². The van der Waals surface area contributed by atoms with Crippen molar-refractivity contribution in [1.29, 1.82) is 0 Å². The number of likely N-dealkylation sites (tertiary alicyclic amines) is 1. The van der Waals surface area contributed by atoms with Gasteiger partial charge in [-0.15, -0.1) is 0 Å². The fourth-order valence-electron chi connectivity index (χ4n) is 2.90. The van der Waals surface area contributed by atoms with Crippen LogP contribution in [0.2, 0.25) is 0 Å². The number of hydrogen-bond donors (Lipinski definition) is 2. The number of rotatable bonds is 9. The van der Waals surface area contributed by atoms with Gasteiger partial charge in [0.1, 0.15) is 0 Å². The van der Waals surface area contributed by atoms with Crippen LogP contribution in [0.25, 0.3) is 0 Å². The first-order valence-corrected chi connectivity index (χ1v) is 8.48. The highest BCUT2D eigenvalue weighted by Crippen LogP contribution is 2.21. The Kier molecular flexibility index (Phi) is 7.16. The maximum absolute atomic E-state index is 12.1. The lowest BCUT2D eigenvalue weighted by Gasteiger charge is -2.22. The SMILES string of the molecule is COCCC(O)C=CC1CCC(=O)N1CCc1ccc(C(=O)O)cc1. The van der Waals surface area contributed by atoms with Gasteiger partial charge in [0, 0.05) is 33.1 Å². The van der Waals surface area contributed by atoms with Crippen LogP contribution in [0.1, 0.15) is 35.2 Å². The van der Waals surface area contributed by atoms with E-state index in [1.807, 2.05) is 11.0 Å². The lowest BCUT2D eigenvalue weighted by atomic mass is 10.1. The summed E-state index contributed by atoms with van der Waals surface area (Å²) in [5, 5.41) is 18.8. The van der Waals surface area contributed by atoms with E-state index in [2.05, 4.69) is 0 Å². The van der Waals surface area contributed by atoms with Crippen LogP contribution in [0, 0.1) is 0 Å². The van der Waals surface area contributed by atoms with E-state index in [-0.39, 0.29) is 17.5 Å². The minimum atomic E-state index is -0.946. The number of aliphatic hydroxyl groups is 1. The number of methoxy groups -OCH3 is 1. The second-order valence-electron chi connectivity index (χ2n) is 6.18. The number of ether oxygens (including phenoxy) is 1. The molecule has 1 aromatic carbocycles. The van der Waals surface area contributed by atoms with Crippen molar-refractivity contribution in [1.82, 2.24) is 4.90 Å². The van der Waals surface area contributed by atoms with Gasteiger partial charge in [-0.2, -0.15) is 0 Å². The van der Waals surface area contributed by atoms with Gasteiger partial charge in [0.05, 0.1) is 17.7 Å². The van der Waals surface area contributed by atoms with Gasteiger partial charge >= 0.3 is 5.97 Å². The Balaban J connectivity index is 1.90. The number of carbonyl (C=O) groups is 2. The molecule has 2 N–H and O–H groups in total. The van der Waals surface area contributed by atoms with Crippen LogP contribution >= 0.6 is 0 Å². The largest absolute Gasteiger partial charge is 0.478 e. The molecule has 1 amide bonds. The maximum atomic E-state index is 12.1. The van der Waals surface area contributed by atoms with Gasteiger partial charge in [-0.1, -0.05) is 24.3 Å². The van der Waals surface area contributed by atoms with Crippen molar-refractivity contribution in [2.75, 3.05) is 20.3 Å². The number of nitrogens with zero attached hydrogens (tertiary/aromatic N) is 1. The molecule has 0 aromatic heterocycles. The molecule has 136 valence electrons. The number of carboxylic acids is 1. The van der Waals surface area contributed by atoms with Crippen LogP contribution < -0.4 is 0 Å². The normalized spacial score (nSPS) is 18.9. The third kappa shape index (κ3) is 5.69. The Labute approximate surface area is 147 Å². The zero-order valence-corrected chi connectivity index (χ0v) is 14.4. The quantitative estimate of drug-likeness (QED) is 0.666. The molecule has 2 rings (SSSR count). The summed E-state index contributed by atoms with van der Waals surface area (Å²) in [7, 11) is 1.59. The van der Waals surface area contributed by atoms with Crippen LogP contribution in [0.15, 0.2) is 36.4 Å². The Morgan fingerprint density at radius 3 is 2.76 bits per heavy atom. The topological polar surface area (TPSA) is 87.1 Å². The fraction of sp³-hybridized carbons (Fsp3) is 0.474. The lowest BCUT2D eigenvalue weighted by Crippen LogP contribution is -2.33. The van der Waals surface area contributed by atoms with Crippen LogP contribution in [-0.4, -0.2) is 59.4 Å². The lowest BCUT2D eigenvalue weighted by molar-refractivity contribution is -0.128. The van der Waals surface area contributed by atoms with Crippen LogP contribution in [0.5, 0.6) is 0 Å². The van der Waals surface area contributed by atoms with Gasteiger partial charge < -0.3 is 19.8 Å². The first kappa shape index (κ1) is 19.1. The Morgan fingerprint density at radius 2 is 2.12 bits per heavy atom. The van der Waals surface area contributed by atoms with Crippen molar-refractivity contribution in [3.05, 3.63) is 47.5 Å². The summed E-state index contributed by atoms with van der Waals surface area (Å²) < 4.78 is 4.94. The molecule has 6 nitrogen and oxygen atoms in total. The predicted octanol–water partition coefficient (Wildman–Crippen LogP) is 1.87. The maximum Gasteiger partial charge on any atom is 0.335 e. The molecule has 1 heterocycles. The van der Waals surface area contributed by atoms with E-state index < -0.39 is 12.1 Å². The smallest absolute Gasteiger partial charge is 0.335 e. The summed E-state index contributed by atoms with van der Waals surface area (Å²) in [4.78, 5) is 24.8. The molecule has 1 fully saturated rings. The summed E-state index contributed by atoms with van der Waals surface area (Å²) >= 11 is 0. The zero-order valence-electron chi connectivity index (χ0n) is 14.4. The molecule has 6 heteroatoms. The van der Waals surface area contributed by atoms with E-state index in [0.717, 1.165) is 12.0 Å². The molecule has 0 radical (unpaired) electrons. The molecule has 1 saturated heterocycles. The monoisotopic (exact) mass is 347 g/mol. The third-order valence-corrected chi connectivity index (χ3v) is 4.39. The Morgan fingerprint density at radius 1 is 1.40 bits per heavy atom. The Bertz CT molecular complexity index is 611. The van der Waals surface area contributed by atoms with Crippen molar-refractivity contribution in [3.63, 3.8) is 0 Å². The van der Waals surface area contributed by atoms with Crippen LogP contribution in [-0.2, 0) is 16.0 Å². The highest BCUT2D eigenvalue weighted by atomic mass is 16.5. The molecule has 0 saturated carbocycles. The van der Waals surface area contributed by atoms with Crippen LogP contribution in [0.3, 0.4) is 0 Å². The highest BCUT2D eigenvalue weighted by molar-refractivity contribution is 5.87. The first-order valence-electron chi connectivity index (χ1n) is 8.48. The molecule has 25 heavy (non-hydrogen) atoms. The van der Waals surface area contributed by atoms with Gasteiger partial charge in [0.15, 0.2) is 0 Å². The molecule has 2 unspecified atom stereocenters. The molecular formula is C19H25NO5. The van der Waals surface area contributed by atoms with Gasteiger partial charge in [-0.3, -0.25) is 4.79 Å². The van der Waals surface area contributed by atoms with Gasteiger partial charge in [0.2, 0.25) is 5.91 Å². The summed E-state index contributed by atoms with van der Waals surface area (Å²) in [5.41, 5.74) is 1.25. The van der Waals surface area contributed by atoms with E-state index in [0.29, 0.717) is 32.4 Å². The molecular weight excluding hydrogens is 322 g/mol. The van der Waals surface area contributed by atoms with Crippen molar-refractivity contribution in [2.45, 2.75) is 37.8 Å². The average Bonchev–Trinajstić information content (AvgIpc) is 2.96. The van der Waals surface area contributed by atoms with Gasteiger partial charge in [-0.05, 0) is 30.5 Å². The molecule has 0 spiro atoms. The molecule has 2 atom stereocenters. The second-order valence-corrected chi connectivity index (χ2v) is 6.18. The van der Waals surface area contributed by atoms with Crippen molar-refractivity contribution in [2.24, 2.45) is 0 Å². The number of hydrogen-bond acceptors (Lipinski definition) is 4. The van der Waals surface area contributed by atoms with E-state index in [4.69, 9.17) is 9.84 Å². The Hall–Kier alpha value is -2.18. The predicted molar refractivity (Wildman–Crippen MR) is 93.5 cm³/mol. The van der Waals surface area contributed by atoms with Crippen molar-refractivity contribution < 1.29 is 24.5 Å². The molecule has 1 aromatic rings. The second kappa shape index (κ2) is 9.34. The van der Waals surface area contributed by atoms with Gasteiger partial charge in [-0.25, -0.2) is 4.79 Å². The minimum Gasteiger partial charge on any atom is -0.478 e. The molecule has 1 aliphatic rings. The van der Waals surface area contributed by atoms with E-state index in [1.54, 1.807) is 37.5 Å². The van der Waals surface area contributed by atoms with E-state index in [1.165, 1.54) is 0 Å². The first-order chi connectivity index (χ1) is 12.0. The third-order valence-electron chi connectivity index (χ3n) is 4.39. The fourth-order valence-corrected chi connectivity index (χ4v) is 2.90. The average molecular weight is 347 g/mol. The number of amides is 1. The van der Waals surface area contributed by atoms with Crippen molar-refractivity contribution in [3.8, 4) is 0 Å². The van der Waals surface area contributed by atoms with E-state index >= 15 is 0 Å². The number of carboxylic acid groups (broad SMARTS) is 1. The standard InChI is InChI=1S/C19H25NO5/c1-25-13-11-17(21)8-6-16-7-9-18(22)20(16)12-10-14-2-4-15(5-3-14)19(23)24/h2-6,8,16-17,21H,7,9-13H2,1H3,(H,23,24). The van der Waals surface area contributed by atoms with Crippen LogP contribution in [0.4, 0.5) is 0 Å².